The van der Waals surface area contributed by atoms with E-state index in [1.54, 1.807) is 7.11 Å². The Kier molecular flexibility index (Phi) is 3.87. The number of nitrogens with two attached hydrogens (primary N) is 1. The highest BCUT2D eigenvalue weighted by molar-refractivity contribution is 7.71. The number of hydrogen-bond donors (Lipinski definition) is 2. The molecule has 0 aromatic carbocycles. The molecule has 1 heterocycles. The van der Waals surface area contributed by atoms with Crippen LogP contribution >= 0.6 is 12.2 Å². The van der Waals surface area contributed by atoms with E-state index in [0.29, 0.717) is 30.4 Å². The Morgan fingerprint density at radius 1 is 1.62 bits per heavy atom. The molecule has 7 heteroatoms. The molecule has 74 valence electrons. The van der Waals surface area contributed by atoms with Gasteiger partial charge in [0.2, 0.25) is 4.77 Å². The second kappa shape index (κ2) is 4.95. The van der Waals surface area contributed by atoms with Gasteiger partial charge in [-0.1, -0.05) is 0 Å². The lowest BCUT2D eigenvalue weighted by Crippen LogP contribution is -2.14. The van der Waals surface area contributed by atoms with Crippen molar-refractivity contribution in [3.63, 3.8) is 0 Å². The average Bonchev–Trinajstić information content (AvgIpc) is 2.43. The smallest absolute Gasteiger partial charge is 0.214 e. The van der Waals surface area contributed by atoms with E-state index >= 15 is 0 Å². The van der Waals surface area contributed by atoms with Gasteiger partial charge < -0.3 is 15.3 Å². The normalized spacial score (nSPS) is 10.5. The van der Waals surface area contributed by atoms with Crippen molar-refractivity contribution in [3.05, 3.63) is 10.6 Å². The van der Waals surface area contributed by atoms with Gasteiger partial charge in [0.15, 0.2) is 5.82 Å². The van der Waals surface area contributed by atoms with Crippen molar-refractivity contribution in [2.45, 2.75) is 6.61 Å². The van der Waals surface area contributed by atoms with Crippen LogP contribution in [0.2, 0.25) is 0 Å². The van der Waals surface area contributed by atoms with Gasteiger partial charge in [-0.25, -0.2) is 4.68 Å². The third kappa shape index (κ3) is 2.79. The second-order valence-electron chi connectivity index (χ2n) is 2.36. The molecule has 3 N–H and O–H groups in total. The van der Waals surface area contributed by atoms with Gasteiger partial charge >= 0.3 is 0 Å². The number of ether oxygens (including phenoxy) is 2. The number of methoxy groups -OCH3 is 1. The third-order valence-corrected chi connectivity index (χ3v) is 1.73. The first-order valence-electron chi connectivity index (χ1n) is 3.73. The molecule has 13 heavy (non-hydrogen) atoms. The fourth-order valence-electron chi connectivity index (χ4n) is 0.745. The van der Waals surface area contributed by atoms with E-state index < -0.39 is 0 Å². The summed E-state index contributed by atoms with van der Waals surface area (Å²) in [6, 6.07) is 0. The lowest BCUT2D eigenvalue weighted by Gasteiger charge is -2.01. The quantitative estimate of drug-likeness (QED) is 0.395. The van der Waals surface area contributed by atoms with Gasteiger partial charge in [0.05, 0.1) is 13.2 Å². The molecule has 0 saturated heterocycles. The summed E-state index contributed by atoms with van der Waals surface area (Å²) in [5, 5.41) is 6.43. The maximum Gasteiger partial charge on any atom is 0.214 e. The summed E-state index contributed by atoms with van der Waals surface area (Å²) in [6.45, 7) is 1.39. The zero-order valence-corrected chi connectivity index (χ0v) is 8.13. The van der Waals surface area contributed by atoms with Gasteiger partial charge in [0.1, 0.15) is 6.61 Å². The van der Waals surface area contributed by atoms with E-state index in [1.807, 2.05) is 0 Å². The predicted molar refractivity (Wildman–Crippen MR) is 49.1 cm³/mol. The molecule has 0 bridgehead atoms. The first-order chi connectivity index (χ1) is 6.25. The molecule has 0 aliphatic rings. The average molecular weight is 204 g/mol. The number of aromatic amines is 1. The maximum atomic E-state index is 5.52. The molecule has 0 unspecified atom stereocenters. The Bertz CT molecular complexity index is 308. The minimum atomic E-state index is 0.326. The molecule has 0 spiro atoms. The predicted octanol–water partition coefficient (Wildman–Crippen LogP) is -0.183. The first kappa shape index (κ1) is 10.2. The first-order valence-corrected chi connectivity index (χ1v) is 4.14. The second-order valence-corrected chi connectivity index (χ2v) is 2.75. The highest BCUT2D eigenvalue weighted by Crippen LogP contribution is 1.94. The molecule has 0 aliphatic heterocycles. The van der Waals surface area contributed by atoms with E-state index in [0.717, 1.165) is 0 Å². The Morgan fingerprint density at radius 3 is 2.92 bits per heavy atom. The van der Waals surface area contributed by atoms with Gasteiger partial charge in [-0.15, -0.1) is 0 Å². The molecule has 1 aromatic heterocycles. The van der Waals surface area contributed by atoms with Gasteiger partial charge in [0, 0.05) is 7.11 Å². The molecule has 1 rings (SSSR count). The number of aromatic nitrogens is 3. The van der Waals surface area contributed by atoms with E-state index in [1.165, 1.54) is 4.68 Å². The van der Waals surface area contributed by atoms with Gasteiger partial charge in [-0.3, -0.25) is 5.10 Å². The number of nitrogen functional groups attached to an aromatic ring is 1. The van der Waals surface area contributed by atoms with Crippen molar-refractivity contribution in [1.82, 2.24) is 14.9 Å². The topological polar surface area (TPSA) is 78.1 Å². The van der Waals surface area contributed by atoms with Gasteiger partial charge in [-0.05, 0) is 12.2 Å². The van der Waals surface area contributed by atoms with Crippen LogP contribution < -0.4 is 5.84 Å². The van der Waals surface area contributed by atoms with Crippen LogP contribution in [0.15, 0.2) is 0 Å². The fraction of sp³-hybridized carbons (Fsp3) is 0.667. The Labute approximate surface area is 80.6 Å². The maximum absolute atomic E-state index is 5.52. The van der Waals surface area contributed by atoms with Crippen molar-refractivity contribution >= 4 is 12.2 Å². The van der Waals surface area contributed by atoms with Gasteiger partial charge in [-0.2, -0.15) is 5.10 Å². The lowest BCUT2D eigenvalue weighted by molar-refractivity contribution is 0.0577. The summed E-state index contributed by atoms with van der Waals surface area (Å²) < 4.78 is 11.7. The number of nitrogens with one attached hydrogen (secondary N) is 1. The molecule has 0 aliphatic carbocycles. The van der Waals surface area contributed by atoms with Crippen LogP contribution in [0.3, 0.4) is 0 Å². The lowest BCUT2D eigenvalue weighted by atomic mass is 10.6. The fourth-order valence-corrected chi connectivity index (χ4v) is 0.896. The van der Waals surface area contributed by atoms with Crippen molar-refractivity contribution in [3.8, 4) is 0 Å². The highest BCUT2D eigenvalue weighted by Gasteiger charge is 2.01. The summed E-state index contributed by atoms with van der Waals surface area (Å²) in [6.07, 6.45) is 0. The van der Waals surface area contributed by atoms with Crippen LogP contribution in [0.5, 0.6) is 0 Å². The van der Waals surface area contributed by atoms with Crippen molar-refractivity contribution in [1.29, 1.82) is 0 Å². The van der Waals surface area contributed by atoms with Crippen molar-refractivity contribution in [2.24, 2.45) is 0 Å². The number of rotatable bonds is 5. The van der Waals surface area contributed by atoms with Crippen molar-refractivity contribution < 1.29 is 9.47 Å². The van der Waals surface area contributed by atoms with Crippen LogP contribution in [0.25, 0.3) is 0 Å². The summed E-state index contributed by atoms with van der Waals surface area (Å²) in [5.41, 5.74) is 0. The number of H-pyrrole nitrogens is 1. The van der Waals surface area contributed by atoms with E-state index in [4.69, 9.17) is 27.5 Å². The number of hydrogen-bond acceptors (Lipinski definition) is 5. The standard InChI is InChI=1S/C6H12N4O2S/c1-11-2-3-12-4-5-8-9-6(13)10(5)7/h2-4,7H2,1H3,(H,9,13). The zero-order valence-electron chi connectivity index (χ0n) is 7.32. The Balaban J connectivity index is 2.37. The zero-order chi connectivity index (χ0) is 9.68. The summed E-state index contributed by atoms with van der Waals surface area (Å²) in [4.78, 5) is 0. The van der Waals surface area contributed by atoms with Crippen LogP contribution in [0.1, 0.15) is 5.82 Å². The van der Waals surface area contributed by atoms with Crippen LogP contribution in [-0.2, 0) is 16.1 Å². The molecular weight excluding hydrogens is 192 g/mol. The van der Waals surface area contributed by atoms with Crippen LogP contribution in [-0.4, -0.2) is 35.2 Å². The Hall–Kier alpha value is -0.920. The number of nitrogens with zero attached hydrogens (tertiary/aromatic N) is 2. The molecule has 0 fully saturated rings. The van der Waals surface area contributed by atoms with E-state index in [9.17, 15) is 0 Å². The highest BCUT2D eigenvalue weighted by atomic mass is 32.1. The molecule has 0 amide bonds. The monoisotopic (exact) mass is 204 g/mol. The molecule has 6 nitrogen and oxygen atoms in total. The molecule has 0 atom stereocenters. The summed E-state index contributed by atoms with van der Waals surface area (Å²) in [5.74, 6) is 6.10. The van der Waals surface area contributed by atoms with E-state index in [2.05, 4.69) is 10.2 Å². The molecule has 0 saturated carbocycles. The minimum absolute atomic E-state index is 0.326. The Morgan fingerprint density at radius 2 is 2.38 bits per heavy atom. The molecule has 1 aromatic rings. The molecular formula is C6H12N4O2S. The third-order valence-electron chi connectivity index (χ3n) is 1.44. The minimum Gasteiger partial charge on any atom is -0.382 e. The SMILES string of the molecule is COCCOCc1n[nH]c(=S)n1N. The largest absolute Gasteiger partial charge is 0.382 e. The van der Waals surface area contributed by atoms with E-state index in [-0.39, 0.29) is 0 Å². The summed E-state index contributed by atoms with van der Waals surface area (Å²) in [7, 11) is 1.61. The van der Waals surface area contributed by atoms with Crippen LogP contribution in [0, 0.1) is 4.77 Å². The van der Waals surface area contributed by atoms with Crippen molar-refractivity contribution in [2.75, 3.05) is 26.2 Å². The summed E-state index contributed by atoms with van der Waals surface area (Å²) >= 11 is 4.82. The molecule has 0 radical (unpaired) electrons. The van der Waals surface area contributed by atoms with Gasteiger partial charge in [0.25, 0.3) is 0 Å². The van der Waals surface area contributed by atoms with Crippen LogP contribution in [0.4, 0.5) is 0 Å².